The second kappa shape index (κ2) is 4.99. The highest BCUT2D eigenvalue weighted by atomic mass is 16.2. The Kier molecular flexibility index (Phi) is 3.53. The molecule has 3 rings (SSSR count). The second-order valence-electron chi connectivity index (χ2n) is 7.66. The molecule has 1 unspecified atom stereocenters. The van der Waals surface area contributed by atoms with Gasteiger partial charge in [0.1, 0.15) is 11.6 Å². The van der Waals surface area contributed by atoms with Crippen molar-refractivity contribution in [1.82, 2.24) is 10.2 Å². The fourth-order valence-electron chi connectivity index (χ4n) is 4.37. The lowest BCUT2D eigenvalue weighted by molar-refractivity contribution is -0.164. The molecule has 2 saturated carbocycles. The monoisotopic (exact) mass is 292 g/mol. The molecule has 0 aromatic heterocycles. The number of carbonyl (C=O) groups is 2. The van der Waals surface area contributed by atoms with E-state index in [-0.39, 0.29) is 23.4 Å². The van der Waals surface area contributed by atoms with Crippen molar-refractivity contribution in [1.29, 1.82) is 0 Å². The van der Waals surface area contributed by atoms with Crippen LogP contribution in [0.15, 0.2) is 0 Å². The summed E-state index contributed by atoms with van der Waals surface area (Å²) < 4.78 is 0. The third-order valence-electron chi connectivity index (χ3n) is 5.90. The summed E-state index contributed by atoms with van der Waals surface area (Å²) in [5.41, 5.74) is -0.798. The molecule has 1 heterocycles. The molecule has 1 aliphatic heterocycles. The summed E-state index contributed by atoms with van der Waals surface area (Å²) in [7, 11) is 0. The van der Waals surface area contributed by atoms with Crippen LogP contribution in [0.3, 0.4) is 0 Å². The Hall–Kier alpha value is -1.06. The molecule has 1 saturated heterocycles. The number of nitrogens with one attached hydrogen (secondary N) is 1. The van der Waals surface area contributed by atoms with Gasteiger partial charge < -0.3 is 10.2 Å². The van der Waals surface area contributed by atoms with E-state index in [1.165, 1.54) is 19.3 Å². The van der Waals surface area contributed by atoms with Crippen LogP contribution in [0.4, 0.5) is 0 Å². The summed E-state index contributed by atoms with van der Waals surface area (Å²) in [5.74, 6) is 0.806. The van der Waals surface area contributed by atoms with E-state index < -0.39 is 5.54 Å². The fraction of sp³-hybridized carbons (Fsp3) is 0.882. The maximum Gasteiger partial charge on any atom is 0.249 e. The average Bonchev–Trinajstić information content (AvgIpc) is 3.28. The molecule has 3 fully saturated rings. The van der Waals surface area contributed by atoms with E-state index in [2.05, 4.69) is 19.2 Å². The molecule has 0 radical (unpaired) electrons. The third kappa shape index (κ3) is 2.27. The first-order chi connectivity index (χ1) is 9.92. The van der Waals surface area contributed by atoms with Gasteiger partial charge in [-0.2, -0.15) is 0 Å². The maximum atomic E-state index is 13.3. The van der Waals surface area contributed by atoms with Gasteiger partial charge in [0.25, 0.3) is 0 Å². The molecule has 3 aliphatic rings. The fourth-order valence-corrected chi connectivity index (χ4v) is 4.37. The van der Waals surface area contributed by atoms with Crippen LogP contribution in [-0.4, -0.2) is 33.8 Å². The van der Waals surface area contributed by atoms with Crippen LogP contribution < -0.4 is 5.32 Å². The van der Waals surface area contributed by atoms with Gasteiger partial charge in [0, 0.05) is 5.54 Å². The first-order valence-corrected chi connectivity index (χ1v) is 8.58. The molecule has 2 aliphatic carbocycles. The van der Waals surface area contributed by atoms with Gasteiger partial charge in [0.15, 0.2) is 0 Å². The molecule has 1 atom stereocenters. The Balaban J connectivity index is 1.96. The Morgan fingerprint density at radius 3 is 2.33 bits per heavy atom. The smallest absolute Gasteiger partial charge is 0.249 e. The second-order valence-corrected chi connectivity index (χ2v) is 7.66. The molecular weight excluding hydrogens is 264 g/mol. The molecular formula is C17H28N2O2. The van der Waals surface area contributed by atoms with E-state index in [1.807, 2.05) is 11.8 Å². The lowest BCUT2D eigenvalue weighted by Gasteiger charge is -2.53. The molecule has 0 aromatic carbocycles. The summed E-state index contributed by atoms with van der Waals surface area (Å²) in [5, 5.41) is 3.11. The molecule has 0 bridgehead atoms. The average molecular weight is 292 g/mol. The Morgan fingerprint density at radius 1 is 1.19 bits per heavy atom. The van der Waals surface area contributed by atoms with Gasteiger partial charge in [-0.15, -0.1) is 0 Å². The van der Waals surface area contributed by atoms with Crippen LogP contribution >= 0.6 is 0 Å². The van der Waals surface area contributed by atoms with E-state index in [0.29, 0.717) is 12.3 Å². The Bertz CT molecular complexity index is 448. The standard InChI is InChI=1S/C17H28N2O2/c1-4-13-14(20)18-17(10-6-5-7-11-17)15(21)19(13)16(2,3)12-8-9-12/h12-13H,4-11H2,1-3H3,(H,18,20). The summed E-state index contributed by atoms with van der Waals surface area (Å²) in [4.78, 5) is 27.9. The highest BCUT2D eigenvalue weighted by molar-refractivity contribution is 6.00. The predicted molar refractivity (Wildman–Crippen MR) is 81.7 cm³/mol. The van der Waals surface area contributed by atoms with Gasteiger partial charge in [-0.05, 0) is 51.9 Å². The SMILES string of the molecule is CCC1C(=O)NC2(CCCCC2)C(=O)N1C(C)(C)C1CC1. The number of hydrogen-bond acceptors (Lipinski definition) is 2. The van der Waals surface area contributed by atoms with Crippen LogP contribution in [0, 0.1) is 5.92 Å². The lowest BCUT2D eigenvalue weighted by Crippen LogP contribution is -2.74. The predicted octanol–water partition coefficient (Wildman–Crippen LogP) is 2.61. The van der Waals surface area contributed by atoms with E-state index in [9.17, 15) is 9.59 Å². The number of nitrogens with zero attached hydrogens (tertiary/aromatic N) is 1. The molecule has 0 aromatic rings. The zero-order chi connectivity index (χ0) is 15.3. The van der Waals surface area contributed by atoms with Crippen molar-refractivity contribution < 1.29 is 9.59 Å². The van der Waals surface area contributed by atoms with Crippen molar-refractivity contribution in [3.05, 3.63) is 0 Å². The number of carbonyl (C=O) groups excluding carboxylic acids is 2. The minimum Gasteiger partial charge on any atom is -0.340 e. The van der Waals surface area contributed by atoms with E-state index in [4.69, 9.17) is 0 Å². The van der Waals surface area contributed by atoms with Crippen molar-refractivity contribution in [2.45, 2.75) is 89.3 Å². The van der Waals surface area contributed by atoms with Crippen LogP contribution in [0.1, 0.15) is 72.1 Å². The quantitative estimate of drug-likeness (QED) is 0.869. The Labute approximate surface area is 127 Å². The minimum atomic E-state index is -0.604. The molecule has 4 heteroatoms. The van der Waals surface area contributed by atoms with E-state index in [0.717, 1.165) is 25.7 Å². The highest BCUT2D eigenvalue weighted by Gasteiger charge is 2.56. The molecule has 118 valence electrons. The normalized spacial score (nSPS) is 29.7. The minimum absolute atomic E-state index is 0.0627. The Morgan fingerprint density at radius 2 is 1.81 bits per heavy atom. The molecule has 1 N–H and O–H groups in total. The van der Waals surface area contributed by atoms with E-state index in [1.54, 1.807) is 0 Å². The molecule has 4 nitrogen and oxygen atoms in total. The number of hydrogen-bond donors (Lipinski definition) is 1. The number of piperazine rings is 1. The molecule has 1 spiro atoms. The van der Waals surface area contributed by atoms with Gasteiger partial charge in [0.2, 0.25) is 11.8 Å². The van der Waals surface area contributed by atoms with Gasteiger partial charge in [-0.1, -0.05) is 26.2 Å². The number of rotatable bonds is 3. The largest absolute Gasteiger partial charge is 0.340 e. The van der Waals surface area contributed by atoms with Gasteiger partial charge in [-0.3, -0.25) is 9.59 Å². The summed E-state index contributed by atoms with van der Waals surface area (Å²) in [6.45, 7) is 6.31. The first kappa shape index (κ1) is 14.9. The van der Waals surface area contributed by atoms with Crippen molar-refractivity contribution in [2.75, 3.05) is 0 Å². The molecule has 21 heavy (non-hydrogen) atoms. The van der Waals surface area contributed by atoms with Crippen molar-refractivity contribution in [3.63, 3.8) is 0 Å². The van der Waals surface area contributed by atoms with Crippen LogP contribution in [0.2, 0.25) is 0 Å². The zero-order valence-electron chi connectivity index (χ0n) is 13.6. The van der Waals surface area contributed by atoms with E-state index >= 15 is 0 Å². The van der Waals surface area contributed by atoms with Crippen LogP contribution in [-0.2, 0) is 9.59 Å². The van der Waals surface area contributed by atoms with Gasteiger partial charge in [0.05, 0.1) is 0 Å². The summed E-state index contributed by atoms with van der Waals surface area (Å²) in [6.07, 6.45) is 7.94. The van der Waals surface area contributed by atoms with Crippen molar-refractivity contribution >= 4 is 11.8 Å². The zero-order valence-corrected chi connectivity index (χ0v) is 13.6. The number of amides is 2. The van der Waals surface area contributed by atoms with Crippen molar-refractivity contribution in [3.8, 4) is 0 Å². The van der Waals surface area contributed by atoms with Crippen molar-refractivity contribution in [2.24, 2.45) is 5.92 Å². The molecule has 2 amide bonds. The summed E-state index contributed by atoms with van der Waals surface area (Å²) >= 11 is 0. The van der Waals surface area contributed by atoms with Gasteiger partial charge in [-0.25, -0.2) is 0 Å². The summed E-state index contributed by atoms with van der Waals surface area (Å²) in [6, 6.07) is -0.291. The topological polar surface area (TPSA) is 49.4 Å². The van der Waals surface area contributed by atoms with Gasteiger partial charge >= 0.3 is 0 Å². The van der Waals surface area contributed by atoms with Crippen LogP contribution in [0.25, 0.3) is 0 Å². The maximum absolute atomic E-state index is 13.3. The first-order valence-electron chi connectivity index (χ1n) is 8.58. The third-order valence-corrected chi connectivity index (χ3v) is 5.90. The van der Waals surface area contributed by atoms with Crippen LogP contribution in [0.5, 0.6) is 0 Å². The lowest BCUT2D eigenvalue weighted by atomic mass is 9.76. The highest BCUT2D eigenvalue weighted by Crippen LogP contribution is 2.46.